The molecule has 6 nitrogen and oxygen atoms in total. The van der Waals surface area contributed by atoms with Crippen molar-refractivity contribution < 1.29 is 9.53 Å². The largest absolute Gasteiger partial charge is 0.373 e. The lowest BCUT2D eigenvalue weighted by Crippen LogP contribution is -2.50. The molecule has 2 aliphatic rings. The maximum Gasteiger partial charge on any atom is 0.225 e. The number of hydrogen-bond acceptors (Lipinski definition) is 3. The number of nitrogens with zero attached hydrogens (tertiary/aromatic N) is 1. The smallest absolute Gasteiger partial charge is 0.225 e. The van der Waals surface area contributed by atoms with Gasteiger partial charge in [-0.15, -0.1) is 24.0 Å². The monoisotopic (exact) mass is 514 g/mol. The number of carbonyl (C=O) groups excluding carboxylic acids is 1. The Morgan fingerprint density at radius 2 is 2.00 bits per heavy atom. The second-order valence-corrected chi connectivity index (χ2v) is 7.94. The first-order valence-electron chi connectivity index (χ1n) is 10.6. The van der Waals surface area contributed by atoms with Gasteiger partial charge >= 0.3 is 0 Å². The summed E-state index contributed by atoms with van der Waals surface area (Å²) < 4.78 is 6.27. The SMILES string of the molecule is CCCOC1(CNC(=NC)NCC2CC(=O)Nc3ccccc32)CCCCC1.I. The van der Waals surface area contributed by atoms with Gasteiger partial charge in [0, 0.05) is 44.8 Å². The molecule has 1 aromatic carbocycles. The molecule has 1 unspecified atom stereocenters. The van der Waals surface area contributed by atoms with Crippen LogP contribution < -0.4 is 16.0 Å². The highest BCUT2D eigenvalue weighted by Gasteiger charge is 2.33. The summed E-state index contributed by atoms with van der Waals surface area (Å²) >= 11 is 0. The molecule has 7 heteroatoms. The van der Waals surface area contributed by atoms with Crippen LogP contribution in [0.15, 0.2) is 29.3 Å². The highest BCUT2D eigenvalue weighted by atomic mass is 127. The fourth-order valence-electron chi connectivity index (χ4n) is 4.26. The number of hydrogen-bond donors (Lipinski definition) is 3. The standard InChI is InChI=1S/C22H34N4O2.HI/c1-3-13-28-22(11-7-4-8-12-22)16-25-21(23-2)24-15-17-14-20(27)26-19-10-6-5-9-18(17)19;/h5-6,9-10,17H,3-4,7-8,11-16H2,1-2H3,(H,26,27)(H2,23,24,25);1H. The third kappa shape index (κ3) is 6.57. The molecule has 1 fully saturated rings. The highest BCUT2D eigenvalue weighted by Crippen LogP contribution is 2.32. The molecule has 0 bridgehead atoms. The van der Waals surface area contributed by atoms with Gasteiger partial charge in [-0.2, -0.15) is 0 Å². The molecule has 162 valence electrons. The Morgan fingerprint density at radius 1 is 1.24 bits per heavy atom. The topological polar surface area (TPSA) is 74.8 Å². The lowest BCUT2D eigenvalue weighted by Gasteiger charge is -2.38. The van der Waals surface area contributed by atoms with E-state index in [0.29, 0.717) is 13.0 Å². The molecule has 1 heterocycles. The predicted molar refractivity (Wildman–Crippen MR) is 129 cm³/mol. The summed E-state index contributed by atoms with van der Waals surface area (Å²) in [7, 11) is 1.79. The number of para-hydroxylation sites is 1. The summed E-state index contributed by atoms with van der Waals surface area (Å²) in [6, 6.07) is 8.03. The van der Waals surface area contributed by atoms with E-state index in [1.165, 1.54) is 24.8 Å². The van der Waals surface area contributed by atoms with Crippen molar-refractivity contribution in [2.75, 3.05) is 32.1 Å². The molecule has 3 N–H and O–H groups in total. The van der Waals surface area contributed by atoms with Crippen LogP contribution in [0.1, 0.15) is 63.4 Å². The van der Waals surface area contributed by atoms with Crippen molar-refractivity contribution in [3.63, 3.8) is 0 Å². The zero-order valence-electron chi connectivity index (χ0n) is 17.6. The number of nitrogens with one attached hydrogen (secondary N) is 3. The number of carbonyl (C=O) groups is 1. The van der Waals surface area contributed by atoms with E-state index in [9.17, 15) is 4.79 Å². The number of fused-ring (bicyclic) bond motifs is 1. The molecule has 0 saturated heterocycles. The van der Waals surface area contributed by atoms with Gasteiger partial charge in [0.05, 0.1) is 5.60 Å². The summed E-state index contributed by atoms with van der Waals surface area (Å²) in [6.07, 6.45) is 7.49. The molecule has 0 aromatic heterocycles. The van der Waals surface area contributed by atoms with Gasteiger partial charge < -0.3 is 20.7 Å². The van der Waals surface area contributed by atoms with E-state index in [2.05, 4.69) is 33.9 Å². The molecular formula is C22H35IN4O2. The number of rotatable bonds is 7. The Balaban J connectivity index is 0.00000300. The molecule has 1 aliphatic carbocycles. The fourth-order valence-corrected chi connectivity index (χ4v) is 4.26. The van der Waals surface area contributed by atoms with Crippen LogP contribution in [0.3, 0.4) is 0 Å². The quantitative estimate of drug-likeness (QED) is 0.292. The normalized spacial score (nSPS) is 20.8. The van der Waals surface area contributed by atoms with Gasteiger partial charge in [-0.1, -0.05) is 44.4 Å². The third-order valence-electron chi connectivity index (χ3n) is 5.80. The predicted octanol–water partition coefficient (Wildman–Crippen LogP) is 4.02. The summed E-state index contributed by atoms with van der Waals surface area (Å²) in [6.45, 7) is 4.41. The number of guanidine groups is 1. The van der Waals surface area contributed by atoms with Crippen LogP contribution in [-0.2, 0) is 9.53 Å². The van der Waals surface area contributed by atoms with Crippen molar-refractivity contribution in [3.8, 4) is 0 Å². The van der Waals surface area contributed by atoms with Gasteiger partial charge in [-0.05, 0) is 30.9 Å². The number of aliphatic imine (C=N–C) groups is 1. The fraction of sp³-hybridized carbons (Fsp3) is 0.636. The van der Waals surface area contributed by atoms with Crippen molar-refractivity contribution in [3.05, 3.63) is 29.8 Å². The summed E-state index contributed by atoms with van der Waals surface area (Å²) in [5.41, 5.74) is 2.02. The number of amides is 1. The molecule has 1 saturated carbocycles. The van der Waals surface area contributed by atoms with Crippen LogP contribution in [-0.4, -0.2) is 44.2 Å². The maximum absolute atomic E-state index is 12.0. The first-order chi connectivity index (χ1) is 13.7. The number of benzene rings is 1. The van der Waals surface area contributed by atoms with Crippen LogP contribution in [0.5, 0.6) is 0 Å². The minimum absolute atomic E-state index is 0. The Kier molecular flexibility index (Phi) is 9.68. The Morgan fingerprint density at radius 3 is 2.72 bits per heavy atom. The van der Waals surface area contributed by atoms with E-state index in [4.69, 9.17) is 4.74 Å². The second-order valence-electron chi connectivity index (χ2n) is 7.94. The zero-order chi connectivity index (χ0) is 19.8. The maximum atomic E-state index is 12.0. The van der Waals surface area contributed by atoms with Gasteiger partial charge in [-0.3, -0.25) is 9.79 Å². The lowest BCUT2D eigenvalue weighted by atomic mass is 9.84. The molecular weight excluding hydrogens is 479 g/mol. The van der Waals surface area contributed by atoms with Crippen LogP contribution in [0, 0.1) is 0 Å². The molecule has 0 spiro atoms. The number of ether oxygens (including phenoxy) is 1. The summed E-state index contributed by atoms with van der Waals surface area (Å²) in [5, 5.41) is 9.85. The zero-order valence-corrected chi connectivity index (χ0v) is 20.0. The molecule has 0 radical (unpaired) electrons. The molecule has 1 atom stereocenters. The van der Waals surface area contributed by atoms with Gasteiger partial charge in [0.15, 0.2) is 5.96 Å². The minimum Gasteiger partial charge on any atom is -0.373 e. The first-order valence-corrected chi connectivity index (χ1v) is 10.6. The Bertz CT molecular complexity index is 689. The Hall–Kier alpha value is -1.35. The number of halogens is 1. The highest BCUT2D eigenvalue weighted by molar-refractivity contribution is 14.0. The summed E-state index contributed by atoms with van der Waals surface area (Å²) in [4.78, 5) is 16.4. The van der Waals surface area contributed by atoms with Crippen molar-refractivity contribution in [2.24, 2.45) is 4.99 Å². The van der Waals surface area contributed by atoms with Crippen LogP contribution >= 0.6 is 24.0 Å². The minimum atomic E-state index is -0.0802. The van der Waals surface area contributed by atoms with Crippen LogP contribution in [0.25, 0.3) is 0 Å². The average molecular weight is 514 g/mol. The summed E-state index contributed by atoms with van der Waals surface area (Å²) in [5.74, 6) is 0.986. The second kappa shape index (κ2) is 11.7. The molecule has 1 aromatic rings. The van der Waals surface area contributed by atoms with E-state index in [-0.39, 0.29) is 41.4 Å². The van der Waals surface area contributed by atoms with E-state index < -0.39 is 0 Å². The van der Waals surface area contributed by atoms with Gasteiger partial charge in [0.1, 0.15) is 0 Å². The molecule has 1 aliphatic heterocycles. The van der Waals surface area contributed by atoms with Crippen molar-refractivity contribution in [1.82, 2.24) is 10.6 Å². The van der Waals surface area contributed by atoms with Gasteiger partial charge in [-0.25, -0.2) is 0 Å². The van der Waals surface area contributed by atoms with Crippen molar-refractivity contribution in [1.29, 1.82) is 0 Å². The molecule has 29 heavy (non-hydrogen) atoms. The molecule has 1 amide bonds. The van der Waals surface area contributed by atoms with Crippen LogP contribution in [0.2, 0.25) is 0 Å². The van der Waals surface area contributed by atoms with E-state index >= 15 is 0 Å². The average Bonchev–Trinajstić information content (AvgIpc) is 2.73. The van der Waals surface area contributed by atoms with Crippen molar-refractivity contribution in [2.45, 2.75) is 63.4 Å². The molecule has 3 rings (SSSR count). The van der Waals surface area contributed by atoms with Gasteiger partial charge in [0.2, 0.25) is 5.91 Å². The van der Waals surface area contributed by atoms with Gasteiger partial charge in [0.25, 0.3) is 0 Å². The van der Waals surface area contributed by atoms with E-state index in [0.717, 1.165) is 44.1 Å². The van der Waals surface area contributed by atoms with E-state index in [1.54, 1.807) is 7.05 Å². The Labute approximate surface area is 191 Å². The third-order valence-corrected chi connectivity index (χ3v) is 5.80. The van der Waals surface area contributed by atoms with Crippen molar-refractivity contribution >= 4 is 41.5 Å². The lowest BCUT2D eigenvalue weighted by molar-refractivity contribution is -0.116. The van der Waals surface area contributed by atoms with Crippen LogP contribution in [0.4, 0.5) is 5.69 Å². The first kappa shape index (κ1) is 23.9. The van der Waals surface area contributed by atoms with E-state index in [1.807, 2.05) is 18.2 Å². The number of anilines is 1.